The Kier molecular flexibility index (Phi) is 4.04. The van der Waals surface area contributed by atoms with Crippen LogP contribution in [-0.2, 0) is 0 Å². The normalized spacial score (nSPS) is 11.9. The van der Waals surface area contributed by atoms with E-state index < -0.39 is 23.9 Å². The first-order valence-corrected chi connectivity index (χ1v) is 6.47. The number of carboxylic acids is 1. The van der Waals surface area contributed by atoms with E-state index in [0.29, 0.717) is 5.01 Å². The van der Waals surface area contributed by atoms with Gasteiger partial charge in [-0.15, -0.1) is 11.3 Å². The van der Waals surface area contributed by atoms with Crippen molar-refractivity contribution in [3.05, 3.63) is 45.9 Å². The Morgan fingerprint density at radius 3 is 2.70 bits per heavy atom. The van der Waals surface area contributed by atoms with Crippen molar-refractivity contribution < 1.29 is 19.1 Å². The third kappa shape index (κ3) is 3.15. The molecular weight excluding hydrogens is 285 g/mol. The van der Waals surface area contributed by atoms with Crippen molar-refractivity contribution in [3.63, 3.8) is 0 Å². The number of hydrogen-bond acceptors (Lipinski definition) is 5. The number of hydrogen-bond donors (Lipinski definition) is 2. The molecular formula is C12H10FN3O3S. The molecule has 2 rings (SSSR count). The number of aromatic carboxylic acids is 1. The van der Waals surface area contributed by atoms with Crippen molar-refractivity contribution in [2.24, 2.45) is 0 Å². The minimum Gasteiger partial charge on any atom is -0.476 e. The number of aromatic nitrogens is 2. The number of amides is 1. The predicted molar refractivity (Wildman–Crippen MR) is 69.1 cm³/mol. The Morgan fingerprint density at radius 2 is 2.10 bits per heavy atom. The van der Waals surface area contributed by atoms with Gasteiger partial charge in [0, 0.05) is 5.38 Å². The van der Waals surface area contributed by atoms with E-state index in [0.717, 1.165) is 17.4 Å². The summed E-state index contributed by atoms with van der Waals surface area (Å²) < 4.78 is 12.9. The number of nitrogens with zero attached hydrogens (tertiary/aromatic N) is 2. The molecule has 2 heterocycles. The summed E-state index contributed by atoms with van der Waals surface area (Å²) in [4.78, 5) is 29.9. The van der Waals surface area contributed by atoms with Crippen molar-refractivity contribution in [1.29, 1.82) is 0 Å². The van der Waals surface area contributed by atoms with Crippen LogP contribution in [0.2, 0.25) is 0 Å². The predicted octanol–water partition coefficient (Wildman–Crippen LogP) is 1.87. The molecule has 2 aromatic rings. The van der Waals surface area contributed by atoms with E-state index in [-0.39, 0.29) is 11.4 Å². The van der Waals surface area contributed by atoms with Gasteiger partial charge in [0.2, 0.25) is 5.95 Å². The summed E-state index contributed by atoms with van der Waals surface area (Å²) in [5, 5.41) is 13.2. The summed E-state index contributed by atoms with van der Waals surface area (Å²) in [7, 11) is 0. The van der Waals surface area contributed by atoms with Crippen molar-refractivity contribution in [1.82, 2.24) is 15.3 Å². The van der Waals surface area contributed by atoms with Crippen LogP contribution >= 0.6 is 11.3 Å². The second kappa shape index (κ2) is 5.74. The summed E-state index contributed by atoms with van der Waals surface area (Å²) in [6, 6.07) is 3.41. The quantitative estimate of drug-likeness (QED) is 0.840. The van der Waals surface area contributed by atoms with Crippen LogP contribution in [0.5, 0.6) is 0 Å². The molecule has 104 valence electrons. The number of carbonyl (C=O) groups excluding carboxylic acids is 1. The first-order valence-electron chi connectivity index (χ1n) is 5.59. The largest absolute Gasteiger partial charge is 0.476 e. The summed E-state index contributed by atoms with van der Waals surface area (Å²) >= 11 is 1.13. The van der Waals surface area contributed by atoms with Gasteiger partial charge in [-0.05, 0) is 19.1 Å². The number of thiazole rings is 1. The monoisotopic (exact) mass is 295 g/mol. The zero-order valence-corrected chi connectivity index (χ0v) is 11.1. The fourth-order valence-electron chi connectivity index (χ4n) is 1.45. The number of carboxylic acid groups (broad SMARTS) is 1. The maximum atomic E-state index is 12.9. The number of nitrogens with one attached hydrogen (secondary N) is 1. The fourth-order valence-corrected chi connectivity index (χ4v) is 2.25. The molecule has 1 atom stereocenters. The van der Waals surface area contributed by atoms with Crippen LogP contribution in [0.15, 0.2) is 23.6 Å². The highest BCUT2D eigenvalue weighted by molar-refractivity contribution is 7.09. The molecule has 1 amide bonds. The third-order valence-corrected chi connectivity index (χ3v) is 3.43. The van der Waals surface area contributed by atoms with Gasteiger partial charge in [0.05, 0.1) is 6.04 Å². The zero-order valence-electron chi connectivity index (χ0n) is 10.3. The molecule has 2 aromatic heterocycles. The van der Waals surface area contributed by atoms with Crippen LogP contribution in [0.3, 0.4) is 0 Å². The minimum absolute atomic E-state index is 0.0492. The van der Waals surface area contributed by atoms with E-state index >= 15 is 0 Å². The lowest BCUT2D eigenvalue weighted by atomic mass is 10.3. The molecule has 20 heavy (non-hydrogen) atoms. The summed E-state index contributed by atoms with van der Waals surface area (Å²) in [5.74, 6) is -2.42. The molecule has 1 unspecified atom stereocenters. The van der Waals surface area contributed by atoms with Gasteiger partial charge in [0.25, 0.3) is 5.91 Å². The molecule has 2 N–H and O–H groups in total. The van der Waals surface area contributed by atoms with Gasteiger partial charge < -0.3 is 10.4 Å². The molecule has 0 saturated carbocycles. The van der Waals surface area contributed by atoms with E-state index in [1.54, 1.807) is 6.92 Å². The number of halogens is 1. The Labute approximate surface area is 117 Å². The van der Waals surface area contributed by atoms with Crippen molar-refractivity contribution >= 4 is 23.2 Å². The van der Waals surface area contributed by atoms with Gasteiger partial charge in [-0.1, -0.05) is 6.07 Å². The van der Waals surface area contributed by atoms with E-state index in [1.165, 1.54) is 17.5 Å². The topological polar surface area (TPSA) is 92.2 Å². The van der Waals surface area contributed by atoms with Crippen LogP contribution in [0.1, 0.15) is 39.0 Å². The molecule has 0 fully saturated rings. The maximum Gasteiger partial charge on any atom is 0.355 e. The molecule has 0 aliphatic heterocycles. The second-order valence-electron chi connectivity index (χ2n) is 3.92. The molecule has 0 aromatic carbocycles. The zero-order chi connectivity index (χ0) is 14.7. The Morgan fingerprint density at radius 1 is 1.35 bits per heavy atom. The molecule has 6 nitrogen and oxygen atoms in total. The highest BCUT2D eigenvalue weighted by atomic mass is 32.1. The molecule has 0 aliphatic carbocycles. The van der Waals surface area contributed by atoms with Crippen molar-refractivity contribution in [3.8, 4) is 0 Å². The standard InChI is InChI=1S/C12H10FN3O3S/c1-6(11-16-8(5-20-11)12(18)19)14-10(17)7-3-2-4-9(13)15-7/h2-6H,1H3,(H,14,17)(H,18,19). The van der Waals surface area contributed by atoms with E-state index in [9.17, 15) is 14.0 Å². The van der Waals surface area contributed by atoms with Gasteiger partial charge >= 0.3 is 5.97 Å². The number of pyridine rings is 1. The van der Waals surface area contributed by atoms with Crippen LogP contribution in [0.4, 0.5) is 4.39 Å². The van der Waals surface area contributed by atoms with Gasteiger partial charge in [-0.25, -0.2) is 14.8 Å². The lowest BCUT2D eigenvalue weighted by molar-refractivity contribution is 0.0691. The van der Waals surface area contributed by atoms with Crippen LogP contribution in [-0.4, -0.2) is 27.0 Å². The molecule has 8 heteroatoms. The highest BCUT2D eigenvalue weighted by Crippen LogP contribution is 2.18. The van der Waals surface area contributed by atoms with Gasteiger partial charge in [0.1, 0.15) is 10.7 Å². The Balaban J connectivity index is 2.08. The molecule has 0 radical (unpaired) electrons. The van der Waals surface area contributed by atoms with E-state index in [4.69, 9.17) is 5.11 Å². The average Bonchev–Trinajstić information content (AvgIpc) is 2.88. The van der Waals surface area contributed by atoms with Gasteiger partial charge in [-0.2, -0.15) is 4.39 Å². The Bertz CT molecular complexity index is 659. The van der Waals surface area contributed by atoms with Crippen LogP contribution in [0, 0.1) is 5.95 Å². The summed E-state index contributed by atoms with van der Waals surface area (Å²) in [6.07, 6.45) is 0. The van der Waals surface area contributed by atoms with Gasteiger partial charge in [0.15, 0.2) is 5.69 Å². The lowest BCUT2D eigenvalue weighted by Crippen LogP contribution is -2.27. The molecule has 0 bridgehead atoms. The lowest BCUT2D eigenvalue weighted by Gasteiger charge is -2.10. The molecule has 0 aliphatic rings. The van der Waals surface area contributed by atoms with Gasteiger partial charge in [-0.3, -0.25) is 4.79 Å². The number of rotatable bonds is 4. The summed E-state index contributed by atoms with van der Waals surface area (Å²) in [6.45, 7) is 1.65. The maximum absolute atomic E-state index is 12.9. The summed E-state index contributed by atoms with van der Waals surface area (Å²) in [5.41, 5.74) is -0.123. The SMILES string of the molecule is CC(NC(=O)c1cccc(F)n1)c1nc(C(=O)O)cs1. The molecule has 0 spiro atoms. The Hall–Kier alpha value is -2.35. The van der Waals surface area contributed by atoms with E-state index in [2.05, 4.69) is 15.3 Å². The highest BCUT2D eigenvalue weighted by Gasteiger charge is 2.17. The van der Waals surface area contributed by atoms with E-state index in [1.807, 2.05) is 0 Å². The minimum atomic E-state index is -1.13. The number of carbonyl (C=O) groups is 2. The first kappa shape index (κ1) is 14.1. The average molecular weight is 295 g/mol. The fraction of sp³-hybridized carbons (Fsp3) is 0.167. The second-order valence-corrected chi connectivity index (χ2v) is 4.81. The van der Waals surface area contributed by atoms with Crippen molar-refractivity contribution in [2.45, 2.75) is 13.0 Å². The third-order valence-electron chi connectivity index (χ3n) is 2.41. The van der Waals surface area contributed by atoms with Crippen LogP contribution < -0.4 is 5.32 Å². The first-order chi connectivity index (χ1) is 9.47. The molecule has 0 saturated heterocycles. The van der Waals surface area contributed by atoms with Crippen LogP contribution in [0.25, 0.3) is 0 Å². The van der Waals surface area contributed by atoms with Crippen molar-refractivity contribution in [2.75, 3.05) is 0 Å². The smallest absolute Gasteiger partial charge is 0.355 e.